The number of aliphatic hydroxyl groups excluding tert-OH is 1. The summed E-state index contributed by atoms with van der Waals surface area (Å²) in [4.78, 5) is 0. The van der Waals surface area contributed by atoms with E-state index in [2.05, 4.69) is 4.74 Å². The smallest absolute Gasteiger partial charge is 0.0784 e. The molecule has 1 N–H and O–H groups in total. The van der Waals surface area contributed by atoms with Crippen molar-refractivity contribution in [2.45, 2.75) is 19.3 Å². The number of unbranched alkanes of at least 4 members (excludes halogenated alkanes) is 2. The van der Waals surface area contributed by atoms with Gasteiger partial charge in [0.15, 0.2) is 0 Å². The molecule has 0 aliphatic carbocycles. The summed E-state index contributed by atoms with van der Waals surface area (Å²) in [6.45, 7) is 0.292. The second kappa shape index (κ2) is 7.50. The van der Waals surface area contributed by atoms with Gasteiger partial charge in [0.2, 0.25) is 0 Å². The molecule has 0 spiro atoms. The van der Waals surface area contributed by atoms with Crippen molar-refractivity contribution >= 4 is 0 Å². The molecule has 2 nitrogen and oxygen atoms in total. The Morgan fingerprint density at radius 2 is 2.22 bits per heavy atom. The van der Waals surface area contributed by atoms with E-state index in [4.69, 9.17) is 5.11 Å². The minimum absolute atomic E-state index is 0.292. The van der Waals surface area contributed by atoms with E-state index in [9.17, 15) is 0 Å². The minimum atomic E-state index is 0.292. The van der Waals surface area contributed by atoms with Crippen molar-refractivity contribution in [1.29, 1.82) is 0 Å². The Bertz CT molecular complexity index is 69.3. The van der Waals surface area contributed by atoms with Gasteiger partial charge in [-0.05, 0) is 25.3 Å². The van der Waals surface area contributed by atoms with Crippen LogP contribution in [0.4, 0.5) is 0 Å². The van der Waals surface area contributed by atoms with Gasteiger partial charge in [-0.3, -0.25) is 0 Å². The quantitative estimate of drug-likeness (QED) is 0.449. The maximum atomic E-state index is 8.37. The zero-order chi connectivity index (χ0) is 6.95. The standard InChI is InChI=1S/C7H14O2/c1-9-7-5-3-2-4-6-8/h5,7-8H,2-4,6H2,1H3. The lowest BCUT2D eigenvalue weighted by atomic mass is 10.2. The zero-order valence-corrected chi connectivity index (χ0v) is 5.84. The maximum absolute atomic E-state index is 8.37. The first-order valence-electron chi connectivity index (χ1n) is 3.20. The molecule has 0 heterocycles. The number of methoxy groups -OCH3 is 1. The molecule has 0 aliphatic rings. The molecule has 0 saturated heterocycles. The van der Waals surface area contributed by atoms with Gasteiger partial charge >= 0.3 is 0 Å². The SMILES string of the molecule is COC=CCCCCO. The highest BCUT2D eigenvalue weighted by molar-refractivity contribution is 4.72. The van der Waals surface area contributed by atoms with E-state index in [1.54, 1.807) is 13.4 Å². The third kappa shape index (κ3) is 7.50. The van der Waals surface area contributed by atoms with Crippen LogP contribution in [-0.4, -0.2) is 18.8 Å². The third-order valence-electron chi connectivity index (χ3n) is 1.01. The average Bonchev–Trinajstić information content (AvgIpc) is 1.89. The number of allylic oxidation sites excluding steroid dienone is 1. The number of rotatable bonds is 5. The van der Waals surface area contributed by atoms with Crippen LogP contribution in [0.2, 0.25) is 0 Å². The molecule has 0 aromatic heterocycles. The van der Waals surface area contributed by atoms with Gasteiger partial charge in [-0.2, -0.15) is 0 Å². The highest BCUT2D eigenvalue weighted by atomic mass is 16.5. The fraction of sp³-hybridized carbons (Fsp3) is 0.714. The average molecular weight is 130 g/mol. The van der Waals surface area contributed by atoms with Gasteiger partial charge in [0.1, 0.15) is 0 Å². The summed E-state index contributed by atoms with van der Waals surface area (Å²) in [7, 11) is 1.63. The number of aliphatic hydroxyl groups is 1. The van der Waals surface area contributed by atoms with Gasteiger partial charge in [-0.15, -0.1) is 0 Å². The first-order valence-corrected chi connectivity index (χ1v) is 3.20. The van der Waals surface area contributed by atoms with Crippen LogP contribution in [0.1, 0.15) is 19.3 Å². The summed E-state index contributed by atoms with van der Waals surface area (Å²) < 4.78 is 4.68. The molecular weight excluding hydrogens is 116 g/mol. The molecule has 0 bridgehead atoms. The Balaban J connectivity index is 2.82. The Morgan fingerprint density at radius 1 is 1.44 bits per heavy atom. The fourth-order valence-corrected chi connectivity index (χ4v) is 0.538. The molecule has 54 valence electrons. The van der Waals surface area contributed by atoms with Crippen LogP contribution in [0.25, 0.3) is 0 Å². The molecule has 9 heavy (non-hydrogen) atoms. The Morgan fingerprint density at radius 3 is 2.78 bits per heavy atom. The third-order valence-corrected chi connectivity index (χ3v) is 1.01. The van der Waals surface area contributed by atoms with Gasteiger partial charge in [0, 0.05) is 6.61 Å². The summed E-state index contributed by atoms with van der Waals surface area (Å²) in [5, 5.41) is 8.37. The molecule has 0 aliphatic heterocycles. The van der Waals surface area contributed by atoms with Gasteiger partial charge in [-0.1, -0.05) is 0 Å². The maximum Gasteiger partial charge on any atom is 0.0784 e. The first-order chi connectivity index (χ1) is 4.41. The van der Waals surface area contributed by atoms with E-state index >= 15 is 0 Å². The Labute approximate surface area is 56.1 Å². The predicted octanol–water partition coefficient (Wildman–Crippen LogP) is 1.31. The predicted molar refractivity (Wildman–Crippen MR) is 37.1 cm³/mol. The van der Waals surface area contributed by atoms with Gasteiger partial charge < -0.3 is 9.84 Å². The molecular formula is C7H14O2. The number of hydrogen-bond donors (Lipinski definition) is 1. The highest BCUT2D eigenvalue weighted by Gasteiger charge is 1.80. The molecule has 0 fully saturated rings. The molecule has 0 aromatic rings. The van der Waals surface area contributed by atoms with Gasteiger partial charge in [0.25, 0.3) is 0 Å². The molecule has 0 rings (SSSR count). The van der Waals surface area contributed by atoms with Crippen LogP contribution in [0.5, 0.6) is 0 Å². The van der Waals surface area contributed by atoms with E-state index in [0.717, 1.165) is 19.3 Å². The number of hydrogen-bond acceptors (Lipinski definition) is 2. The van der Waals surface area contributed by atoms with E-state index in [-0.39, 0.29) is 0 Å². The van der Waals surface area contributed by atoms with Crippen molar-refractivity contribution in [2.24, 2.45) is 0 Å². The van der Waals surface area contributed by atoms with E-state index in [1.165, 1.54) is 0 Å². The molecule has 0 atom stereocenters. The number of ether oxygens (including phenoxy) is 1. The van der Waals surface area contributed by atoms with Crippen molar-refractivity contribution < 1.29 is 9.84 Å². The van der Waals surface area contributed by atoms with Crippen LogP contribution in [-0.2, 0) is 4.74 Å². The van der Waals surface area contributed by atoms with Crippen molar-refractivity contribution in [3.05, 3.63) is 12.3 Å². The Hall–Kier alpha value is -0.500. The van der Waals surface area contributed by atoms with Crippen LogP contribution in [0.3, 0.4) is 0 Å². The second-order valence-corrected chi connectivity index (χ2v) is 1.83. The van der Waals surface area contributed by atoms with Crippen molar-refractivity contribution in [3.63, 3.8) is 0 Å². The molecule has 0 aromatic carbocycles. The van der Waals surface area contributed by atoms with Crippen molar-refractivity contribution in [2.75, 3.05) is 13.7 Å². The van der Waals surface area contributed by atoms with Crippen molar-refractivity contribution in [3.8, 4) is 0 Å². The minimum Gasteiger partial charge on any atom is -0.505 e. The monoisotopic (exact) mass is 130 g/mol. The normalized spacial score (nSPS) is 10.4. The molecule has 0 amide bonds. The van der Waals surface area contributed by atoms with E-state index < -0.39 is 0 Å². The fourth-order valence-electron chi connectivity index (χ4n) is 0.538. The summed E-state index contributed by atoms with van der Waals surface area (Å²) in [5.41, 5.74) is 0. The summed E-state index contributed by atoms with van der Waals surface area (Å²) in [6, 6.07) is 0. The summed E-state index contributed by atoms with van der Waals surface area (Å²) >= 11 is 0. The van der Waals surface area contributed by atoms with Gasteiger partial charge in [0.05, 0.1) is 13.4 Å². The van der Waals surface area contributed by atoms with Crippen LogP contribution < -0.4 is 0 Å². The van der Waals surface area contributed by atoms with Crippen LogP contribution in [0.15, 0.2) is 12.3 Å². The lowest BCUT2D eigenvalue weighted by molar-refractivity contribution is 0.284. The van der Waals surface area contributed by atoms with E-state index in [0.29, 0.717) is 6.61 Å². The lowest BCUT2D eigenvalue weighted by Gasteiger charge is -1.90. The van der Waals surface area contributed by atoms with Gasteiger partial charge in [-0.25, -0.2) is 0 Å². The van der Waals surface area contributed by atoms with Crippen molar-refractivity contribution in [1.82, 2.24) is 0 Å². The second-order valence-electron chi connectivity index (χ2n) is 1.83. The molecule has 0 unspecified atom stereocenters. The largest absolute Gasteiger partial charge is 0.505 e. The lowest BCUT2D eigenvalue weighted by Crippen LogP contribution is -1.80. The van der Waals surface area contributed by atoms with Crippen LogP contribution >= 0.6 is 0 Å². The summed E-state index contributed by atoms with van der Waals surface area (Å²) in [6.07, 6.45) is 6.53. The molecule has 0 saturated carbocycles. The summed E-state index contributed by atoms with van der Waals surface area (Å²) in [5.74, 6) is 0. The zero-order valence-electron chi connectivity index (χ0n) is 5.84. The Kier molecular flexibility index (Phi) is 7.08. The van der Waals surface area contributed by atoms with E-state index in [1.807, 2.05) is 6.08 Å². The first kappa shape index (κ1) is 8.50. The molecule has 2 heteroatoms. The van der Waals surface area contributed by atoms with Crippen LogP contribution in [0, 0.1) is 0 Å². The molecule has 0 radical (unpaired) electrons. The topological polar surface area (TPSA) is 29.5 Å². The highest BCUT2D eigenvalue weighted by Crippen LogP contribution is 1.94.